The topological polar surface area (TPSA) is 40.5 Å². The Balaban J connectivity index is 1.28. The van der Waals surface area contributed by atoms with Gasteiger partial charge in [0.2, 0.25) is 0 Å². The fraction of sp³-hybridized carbons (Fsp3) is 0.136. The minimum absolute atomic E-state index is 0.278. The number of phenolic OH excluding ortho intramolecular Hbond substituents is 2. The average Bonchev–Trinajstić information content (AvgIpc) is 3.08. The molecule has 0 fully saturated rings. The first kappa shape index (κ1) is 29.4. The number of aromatic hydroxyl groups is 2. The summed E-state index contributed by atoms with van der Waals surface area (Å²) in [7, 11) is 0. The van der Waals surface area contributed by atoms with Gasteiger partial charge in [-0.05, 0) is 79.2 Å². The lowest BCUT2D eigenvalue weighted by molar-refractivity contribution is 0.476. The van der Waals surface area contributed by atoms with Crippen LogP contribution in [-0.2, 0) is 10.8 Å². The van der Waals surface area contributed by atoms with Gasteiger partial charge in [0.25, 0.3) is 0 Å². The fourth-order valence-corrected chi connectivity index (χ4v) is 6.83. The van der Waals surface area contributed by atoms with Gasteiger partial charge >= 0.3 is 0 Å². The first-order chi connectivity index (χ1) is 22.1. The van der Waals surface area contributed by atoms with Gasteiger partial charge in [0.05, 0.1) is 0 Å². The molecule has 0 saturated carbocycles. The highest BCUT2D eigenvalue weighted by Gasteiger charge is 2.29. The van der Waals surface area contributed by atoms with E-state index in [9.17, 15) is 10.2 Å². The van der Waals surface area contributed by atoms with Gasteiger partial charge in [-0.2, -0.15) is 0 Å². The van der Waals surface area contributed by atoms with Crippen molar-refractivity contribution >= 4 is 21.5 Å². The van der Waals surface area contributed by atoms with Crippen LogP contribution in [0.4, 0.5) is 0 Å². The molecule has 2 heteroatoms. The second kappa shape index (κ2) is 11.2. The van der Waals surface area contributed by atoms with Crippen molar-refractivity contribution in [3.8, 4) is 33.8 Å². The molecule has 46 heavy (non-hydrogen) atoms. The molecule has 0 radical (unpaired) electrons. The van der Waals surface area contributed by atoms with Crippen molar-refractivity contribution in [2.24, 2.45) is 0 Å². The van der Waals surface area contributed by atoms with E-state index in [0.29, 0.717) is 0 Å². The number of phenols is 2. The fourth-order valence-electron chi connectivity index (χ4n) is 6.83. The second-order valence-corrected chi connectivity index (χ2v) is 13.3. The third-order valence-electron chi connectivity index (χ3n) is 9.90. The molecule has 0 bridgehead atoms. The number of rotatable bonds is 6. The van der Waals surface area contributed by atoms with Gasteiger partial charge in [0.15, 0.2) is 0 Å². The van der Waals surface area contributed by atoms with E-state index in [1.165, 1.54) is 11.1 Å². The van der Waals surface area contributed by atoms with E-state index in [1.54, 1.807) is 0 Å². The molecule has 7 aromatic rings. The first-order valence-electron chi connectivity index (χ1n) is 15.9. The van der Waals surface area contributed by atoms with Crippen LogP contribution in [0.2, 0.25) is 0 Å². The maximum Gasteiger partial charge on any atom is 0.123 e. The summed E-state index contributed by atoms with van der Waals surface area (Å²) in [4.78, 5) is 0. The van der Waals surface area contributed by atoms with Crippen molar-refractivity contribution in [3.05, 3.63) is 168 Å². The average molecular weight is 599 g/mol. The first-order valence-corrected chi connectivity index (χ1v) is 15.9. The molecule has 0 spiro atoms. The molecular formula is C44H38O2. The second-order valence-electron chi connectivity index (χ2n) is 13.3. The van der Waals surface area contributed by atoms with Crippen LogP contribution in [0, 0.1) is 0 Å². The molecule has 0 heterocycles. The summed E-state index contributed by atoms with van der Waals surface area (Å²) in [6.07, 6.45) is 0. The molecule has 2 nitrogen and oxygen atoms in total. The highest BCUT2D eigenvalue weighted by atomic mass is 16.3. The van der Waals surface area contributed by atoms with Crippen molar-refractivity contribution in [1.82, 2.24) is 0 Å². The molecule has 2 N–H and O–H groups in total. The van der Waals surface area contributed by atoms with E-state index < -0.39 is 0 Å². The van der Waals surface area contributed by atoms with Gasteiger partial charge in [0, 0.05) is 22.0 Å². The molecule has 0 aliphatic carbocycles. The Kier molecular flexibility index (Phi) is 7.17. The van der Waals surface area contributed by atoms with Gasteiger partial charge in [0.1, 0.15) is 11.5 Å². The predicted octanol–water partition coefficient (Wildman–Crippen LogP) is 11.4. The minimum Gasteiger partial charge on any atom is -0.507 e. The van der Waals surface area contributed by atoms with Gasteiger partial charge in [-0.3, -0.25) is 0 Å². The molecule has 0 atom stereocenters. The van der Waals surface area contributed by atoms with Crippen LogP contribution in [0.25, 0.3) is 43.8 Å². The Bertz CT molecular complexity index is 2070. The lowest BCUT2D eigenvalue weighted by Crippen LogP contribution is -2.23. The molecule has 0 aromatic heterocycles. The van der Waals surface area contributed by atoms with Gasteiger partial charge in [-0.25, -0.2) is 0 Å². The largest absolute Gasteiger partial charge is 0.507 e. The Morgan fingerprint density at radius 2 is 0.717 bits per heavy atom. The van der Waals surface area contributed by atoms with Crippen LogP contribution in [0.5, 0.6) is 11.5 Å². The van der Waals surface area contributed by atoms with Crippen molar-refractivity contribution < 1.29 is 10.2 Å². The summed E-state index contributed by atoms with van der Waals surface area (Å²) in [5.74, 6) is 0.556. The van der Waals surface area contributed by atoms with E-state index in [-0.39, 0.29) is 22.3 Å². The Labute approximate surface area is 271 Å². The summed E-state index contributed by atoms with van der Waals surface area (Å²) in [5.41, 5.74) is 7.71. The molecule has 0 aliphatic rings. The lowest BCUT2D eigenvalue weighted by atomic mass is 9.72. The Morgan fingerprint density at radius 1 is 0.348 bits per heavy atom. The minimum atomic E-state index is -0.331. The number of benzene rings is 7. The van der Waals surface area contributed by atoms with E-state index >= 15 is 0 Å². The van der Waals surface area contributed by atoms with Crippen LogP contribution in [0.3, 0.4) is 0 Å². The molecular weight excluding hydrogens is 560 g/mol. The molecule has 226 valence electrons. The summed E-state index contributed by atoms with van der Waals surface area (Å²) < 4.78 is 0. The summed E-state index contributed by atoms with van der Waals surface area (Å²) in [5, 5.41) is 26.6. The highest BCUT2D eigenvalue weighted by Crippen LogP contribution is 2.43. The highest BCUT2D eigenvalue weighted by molar-refractivity contribution is 5.99. The van der Waals surface area contributed by atoms with Gasteiger partial charge < -0.3 is 10.2 Å². The summed E-state index contributed by atoms with van der Waals surface area (Å²) >= 11 is 0. The number of fused-ring (bicyclic) bond motifs is 2. The Morgan fingerprint density at radius 3 is 1.17 bits per heavy atom. The zero-order valence-corrected chi connectivity index (χ0v) is 26.8. The SMILES string of the molecule is CC(C)(c1cccc(C(C)(C)c2ccc(O)c(-c3cccc4ccccc34)c2)c1)c1ccc(O)c(-c2cccc3ccccc23)c1. The van der Waals surface area contributed by atoms with Crippen LogP contribution in [0.1, 0.15) is 49.9 Å². The normalized spacial score (nSPS) is 12.1. The monoisotopic (exact) mass is 598 g/mol. The molecule has 0 saturated heterocycles. The third kappa shape index (κ3) is 5.01. The van der Waals surface area contributed by atoms with Crippen molar-refractivity contribution in [2.75, 3.05) is 0 Å². The number of hydrogen-bond donors (Lipinski definition) is 2. The zero-order valence-electron chi connectivity index (χ0n) is 26.8. The maximum atomic E-state index is 11.0. The predicted molar refractivity (Wildman–Crippen MR) is 193 cm³/mol. The molecule has 0 aliphatic heterocycles. The molecule has 7 rings (SSSR count). The van der Waals surface area contributed by atoms with E-state index in [4.69, 9.17) is 0 Å². The van der Waals surface area contributed by atoms with Crippen molar-refractivity contribution in [3.63, 3.8) is 0 Å². The quantitative estimate of drug-likeness (QED) is 0.200. The van der Waals surface area contributed by atoms with Crippen molar-refractivity contribution in [1.29, 1.82) is 0 Å². The van der Waals surface area contributed by atoms with Crippen LogP contribution < -0.4 is 0 Å². The van der Waals surface area contributed by atoms with E-state index in [0.717, 1.165) is 54.9 Å². The summed E-state index contributed by atoms with van der Waals surface area (Å²) in [6, 6.07) is 50.0. The van der Waals surface area contributed by atoms with E-state index in [2.05, 4.69) is 125 Å². The lowest BCUT2D eigenvalue weighted by Gasteiger charge is -2.31. The Hall–Kier alpha value is -5.34. The maximum absolute atomic E-state index is 11.0. The van der Waals surface area contributed by atoms with Gasteiger partial charge in [-0.15, -0.1) is 0 Å². The van der Waals surface area contributed by atoms with Crippen LogP contribution in [0.15, 0.2) is 146 Å². The molecule has 0 unspecified atom stereocenters. The standard InChI is InChI=1S/C44H38O2/c1-43(2,33-22-24-41(45)39(27-33)37-20-9-14-29-12-5-7-18-35(29)37)31-16-11-17-32(26-31)44(3,4)34-23-25-42(46)40(28-34)38-21-10-15-30-13-6-8-19-36(30)38/h5-28,45-46H,1-4H3. The summed E-state index contributed by atoms with van der Waals surface area (Å²) in [6.45, 7) is 8.99. The van der Waals surface area contributed by atoms with Crippen molar-refractivity contribution in [2.45, 2.75) is 38.5 Å². The third-order valence-corrected chi connectivity index (χ3v) is 9.90. The smallest absolute Gasteiger partial charge is 0.123 e. The molecule has 7 aromatic carbocycles. The van der Waals surface area contributed by atoms with Crippen LogP contribution in [-0.4, -0.2) is 10.2 Å². The van der Waals surface area contributed by atoms with Gasteiger partial charge in [-0.1, -0.05) is 149 Å². The van der Waals surface area contributed by atoms with Crippen LogP contribution >= 0.6 is 0 Å². The van der Waals surface area contributed by atoms with E-state index in [1.807, 2.05) is 48.5 Å². The number of hydrogen-bond acceptors (Lipinski definition) is 2. The molecule has 0 amide bonds. The zero-order chi connectivity index (χ0) is 32.1.